The maximum Gasteiger partial charge on any atom is 0.338 e. The Hall–Kier alpha value is -2.48. The van der Waals surface area contributed by atoms with E-state index in [0.717, 1.165) is 35.7 Å². The van der Waals surface area contributed by atoms with Crippen LogP contribution in [0.3, 0.4) is 0 Å². The zero-order valence-corrected chi connectivity index (χ0v) is 20.9. The third-order valence-electron chi connectivity index (χ3n) is 5.54. The maximum absolute atomic E-state index is 11.8. The lowest BCUT2D eigenvalue weighted by Gasteiger charge is -2.08. The number of carbonyl (C=O) groups excluding carboxylic acids is 1. The SMILES string of the molecule is O=C(OCCCO)c1ccc(NCCCCCCCCCCCC#Cc2ccc(Cl)cc2)cc1. The molecule has 2 rings (SSSR count). The highest BCUT2D eigenvalue weighted by molar-refractivity contribution is 6.30. The predicted molar refractivity (Wildman–Crippen MR) is 141 cm³/mol. The third-order valence-corrected chi connectivity index (χ3v) is 5.79. The molecule has 4 nitrogen and oxygen atoms in total. The van der Waals surface area contributed by atoms with Crippen LogP contribution in [-0.4, -0.2) is 30.8 Å². The summed E-state index contributed by atoms with van der Waals surface area (Å²) in [6.45, 7) is 1.22. The second-order valence-electron chi connectivity index (χ2n) is 8.46. The first-order valence-corrected chi connectivity index (χ1v) is 12.9. The average Bonchev–Trinajstić information content (AvgIpc) is 2.86. The number of carbonyl (C=O) groups is 1. The van der Waals surface area contributed by atoms with E-state index < -0.39 is 0 Å². The van der Waals surface area contributed by atoms with Gasteiger partial charge in [-0.3, -0.25) is 0 Å². The number of aliphatic hydroxyl groups is 1. The monoisotopic (exact) mass is 483 g/mol. The Morgan fingerprint density at radius 3 is 2.09 bits per heavy atom. The number of anilines is 1. The molecule has 2 N–H and O–H groups in total. The van der Waals surface area contributed by atoms with Crippen molar-refractivity contribution in [3.8, 4) is 11.8 Å². The van der Waals surface area contributed by atoms with E-state index in [4.69, 9.17) is 21.4 Å². The first kappa shape index (κ1) is 27.8. The van der Waals surface area contributed by atoms with Crippen molar-refractivity contribution >= 4 is 23.3 Å². The van der Waals surface area contributed by atoms with E-state index in [1.54, 1.807) is 12.1 Å². The molecule has 0 spiro atoms. The van der Waals surface area contributed by atoms with Crippen LogP contribution in [0.1, 0.15) is 86.6 Å². The molecule has 0 saturated carbocycles. The van der Waals surface area contributed by atoms with Crippen molar-refractivity contribution in [1.29, 1.82) is 0 Å². The first-order valence-electron chi connectivity index (χ1n) is 12.6. The standard InChI is InChI=1S/C29H38ClNO3/c30-27-18-14-25(15-19-27)13-10-8-6-4-2-1-3-5-7-9-11-22-31-28-20-16-26(17-21-28)29(33)34-24-12-23-32/h14-21,31-32H,1-9,11-12,22-24H2. The highest BCUT2D eigenvalue weighted by atomic mass is 35.5. The molecule has 34 heavy (non-hydrogen) atoms. The van der Waals surface area contributed by atoms with Gasteiger partial charge < -0.3 is 15.2 Å². The van der Waals surface area contributed by atoms with E-state index in [9.17, 15) is 4.79 Å². The third kappa shape index (κ3) is 12.7. The van der Waals surface area contributed by atoms with Crippen molar-refractivity contribution in [1.82, 2.24) is 0 Å². The number of esters is 1. The van der Waals surface area contributed by atoms with Crippen LogP contribution in [0.5, 0.6) is 0 Å². The number of unbranched alkanes of at least 4 members (excludes halogenated alkanes) is 9. The molecule has 0 atom stereocenters. The number of nitrogens with one attached hydrogen (secondary N) is 1. The van der Waals surface area contributed by atoms with Crippen LogP contribution in [-0.2, 0) is 4.74 Å². The molecular formula is C29H38ClNO3. The van der Waals surface area contributed by atoms with Crippen molar-refractivity contribution in [2.24, 2.45) is 0 Å². The minimum Gasteiger partial charge on any atom is -0.462 e. The van der Waals surface area contributed by atoms with Gasteiger partial charge in [0.2, 0.25) is 0 Å². The fourth-order valence-corrected chi connectivity index (χ4v) is 3.67. The molecule has 0 unspecified atom stereocenters. The molecule has 184 valence electrons. The Balaban J connectivity index is 1.39. The topological polar surface area (TPSA) is 58.6 Å². The molecule has 0 aromatic heterocycles. The summed E-state index contributed by atoms with van der Waals surface area (Å²) in [5.41, 5.74) is 2.59. The smallest absolute Gasteiger partial charge is 0.338 e. The van der Waals surface area contributed by atoms with Crippen LogP contribution < -0.4 is 5.32 Å². The number of hydrogen-bond acceptors (Lipinski definition) is 4. The summed E-state index contributed by atoms with van der Waals surface area (Å²) in [6, 6.07) is 15.1. The fourth-order valence-electron chi connectivity index (χ4n) is 3.54. The number of ether oxygens (including phenoxy) is 1. The van der Waals surface area contributed by atoms with Crippen molar-refractivity contribution in [3.63, 3.8) is 0 Å². The molecule has 0 amide bonds. The molecule has 0 heterocycles. The summed E-state index contributed by atoms with van der Waals surface area (Å²) in [4.78, 5) is 11.8. The lowest BCUT2D eigenvalue weighted by atomic mass is 10.1. The van der Waals surface area contributed by atoms with E-state index in [2.05, 4.69) is 17.2 Å². The van der Waals surface area contributed by atoms with Gasteiger partial charge in [-0.2, -0.15) is 0 Å². The minimum atomic E-state index is -0.345. The van der Waals surface area contributed by atoms with Crippen molar-refractivity contribution in [3.05, 3.63) is 64.7 Å². The lowest BCUT2D eigenvalue weighted by molar-refractivity contribution is 0.0482. The van der Waals surface area contributed by atoms with E-state index >= 15 is 0 Å². The second kappa shape index (κ2) is 17.9. The number of halogens is 1. The Morgan fingerprint density at radius 1 is 0.824 bits per heavy atom. The lowest BCUT2D eigenvalue weighted by Crippen LogP contribution is -2.08. The number of aliphatic hydroxyl groups excluding tert-OH is 1. The van der Waals surface area contributed by atoms with E-state index in [0.29, 0.717) is 12.0 Å². The van der Waals surface area contributed by atoms with Gasteiger partial charge in [0.1, 0.15) is 0 Å². The molecule has 0 radical (unpaired) electrons. The average molecular weight is 484 g/mol. The Labute approximate surface area is 210 Å². The van der Waals surface area contributed by atoms with Crippen LogP contribution in [0.15, 0.2) is 48.5 Å². The van der Waals surface area contributed by atoms with Gasteiger partial charge in [-0.15, -0.1) is 0 Å². The highest BCUT2D eigenvalue weighted by Gasteiger charge is 2.06. The summed E-state index contributed by atoms with van der Waals surface area (Å²) < 4.78 is 5.08. The largest absolute Gasteiger partial charge is 0.462 e. The molecule has 0 fully saturated rings. The first-order chi connectivity index (χ1) is 16.7. The fraction of sp³-hybridized carbons (Fsp3) is 0.483. The van der Waals surface area contributed by atoms with Crippen LogP contribution in [0.25, 0.3) is 0 Å². The van der Waals surface area contributed by atoms with Gasteiger partial charge in [-0.25, -0.2) is 4.79 Å². The van der Waals surface area contributed by atoms with Gasteiger partial charge in [-0.05, 0) is 61.4 Å². The molecular weight excluding hydrogens is 446 g/mol. The van der Waals surface area contributed by atoms with E-state index in [1.165, 1.54) is 51.4 Å². The molecule has 2 aromatic carbocycles. The Kier molecular flexibility index (Phi) is 14.6. The zero-order valence-electron chi connectivity index (χ0n) is 20.2. The van der Waals surface area contributed by atoms with Gasteiger partial charge in [0.25, 0.3) is 0 Å². The maximum atomic E-state index is 11.8. The second-order valence-corrected chi connectivity index (χ2v) is 8.89. The quantitative estimate of drug-likeness (QED) is 0.150. The summed E-state index contributed by atoms with van der Waals surface area (Å²) >= 11 is 5.88. The molecule has 2 aromatic rings. The van der Waals surface area contributed by atoms with Gasteiger partial charge in [0.15, 0.2) is 0 Å². The van der Waals surface area contributed by atoms with Gasteiger partial charge >= 0.3 is 5.97 Å². The van der Waals surface area contributed by atoms with Crippen LogP contribution in [0.2, 0.25) is 5.02 Å². The molecule has 0 bridgehead atoms. The Morgan fingerprint density at radius 2 is 1.44 bits per heavy atom. The van der Waals surface area contributed by atoms with Crippen molar-refractivity contribution in [2.75, 3.05) is 25.1 Å². The van der Waals surface area contributed by atoms with Gasteiger partial charge in [0.05, 0.1) is 12.2 Å². The van der Waals surface area contributed by atoms with Crippen LogP contribution in [0, 0.1) is 11.8 Å². The van der Waals surface area contributed by atoms with Crippen molar-refractivity contribution < 1.29 is 14.6 Å². The minimum absolute atomic E-state index is 0.0270. The van der Waals surface area contributed by atoms with Gasteiger partial charge in [0, 0.05) is 42.3 Å². The number of benzene rings is 2. The molecule has 0 saturated heterocycles. The van der Waals surface area contributed by atoms with Crippen molar-refractivity contribution in [2.45, 2.75) is 70.6 Å². The zero-order chi connectivity index (χ0) is 24.3. The molecule has 0 aliphatic rings. The highest BCUT2D eigenvalue weighted by Crippen LogP contribution is 2.13. The summed E-state index contributed by atoms with van der Waals surface area (Å²) in [6.07, 6.45) is 12.8. The number of rotatable bonds is 16. The summed E-state index contributed by atoms with van der Waals surface area (Å²) in [5, 5.41) is 12.9. The Bertz CT molecular complexity index is 869. The molecule has 0 aliphatic carbocycles. The normalized spacial score (nSPS) is 10.4. The summed E-state index contributed by atoms with van der Waals surface area (Å²) in [5.74, 6) is 6.10. The van der Waals surface area contributed by atoms with Crippen LogP contribution >= 0.6 is 11.6 Å². The predicted octanol–water partition coefficient (Wildman–Crippen LogP) is 7.24. The van der Waals surface area contributed by atoms with E-state index in [1.807, 2.05) is 36.4 Å². The van der Waals surface area contributed by atoms with Gasteiger partial charge in [-0.1, -0.05) is 68.4 Å². The van der Waals surface area contributed by atoms with Crippen LogP contribution in [0.4, 0.5) is 5.69 Å². The summed E-state index contributed by atoms with van der Waals surface area (Å²) in [7, 11) is 0. The molecule has 0 aliphatic heterocycles. The van der Waals surface area contributed by atoms with E-state index in [-0.39, 0.29) is 19.2 Å². The molecule has 5 heteroatoms. The number of hydrogen-bond donors (Lipinski definition) is 2.